The number of nitrogens with one attached hydrogen (secondary N) is 1. The Morgan fingerprint density at radius 1 is 1.28 bits per heavy atom. The van der Waals surface area contributed by atoms with Crippen LogP contribution in [0.1, 0.15) is 45.6 Å². The van der Waals surface area contributed by atoms with E-state index in [0.29, 0.717) is 12.4 Å². The van der Waals surface area contributed by atoms with Crippen LogP contribution < -0.4 is 5.32 Å². The van der Waals surface area contributed by atoms with Crippen LogP contribution in [0.3, 0.4) is 0 Å². The van der Waals surface area contributed by atoms with Crippen molar-refractivity contribution in [2.24, 2.45) is 5.10 Å². The van der Waals surface area contributed by atoms with Crippen LogP contribution >= 0.6 is 11.6 Å². The van der Waals surface area contributed by atoms with E-state index in [4.69, 9.17) is 22.0 Å². The molecule has 0 saturated heterocycles. The van der Waals surface area contributed by atoms with Gasteiger partial charge in [-0.25, -0.2) is 5.01 Å². The number of rotatable bonds is 7. The normalized spacial score (nSPS) is 18.8. The maximum atomic E-state index is 12.5. The first kappa shape index (κ1) is 28.7. The summed E-state index contributed by atoms with van der Waals surface area (Å²) in [6.45, 7) is 11.0. The number of benzene rings is 1. The number of carbonyl (C=O) groups excluding carboxylic acids is 1. The average molecular weight is 510 g/mol. The van der Waals surface area contributed by atoms with Crippen LogP contribution in [0.25, 0.3) is 0 Å². The number of aliphatic hydroxyl groups excluding tert-OH is 1. The summed E-state index contributed by atoms with van der Waals surface area (Å²) in [5, 5.41) is 28.0. The molecule has 2 aliphatic heterocycles. The number of hydrogen-bond acceptors (Lipinski definition) is 6. The lowest BCUT2D eigenvalue weighted by Gasteiger charge is -2.26. The first-order chi connectivity index (χ1) is 17.4. The highest BCUT2D eigenvalue weighted by Gasteiger charge is 2.38. The molecule has 1 unspecified atom stereocenters. The van der Waals surface area contributed by atoms with Gasteiger partial charge >= 0.3 is 0 Å². The van der Waals surface area contributed by atoms with E-state index >= 15 is 0 Å². The molecule has 1 amide bonds. The largest absolute Gasteiger partial charge is 0.510 e. The zero-order valence-corrected chi connectivity index (χ0v) is 22.1. The second kappa shape index (κ2) is 14.8. The zero-order chi connectivity index (χ0) is 26.5. The molecule has 2 heterocycles. The van der Waals surface area contributed by atoms with Gasteiger partial charge < -0.3 is 15.3 Å². The van der Waals surface area contributed by atoms with E-state index < -0.39 is 0 Å². The predicted molar refractivity (Wildman–Crippen MR) is 146 cm³/mol. The van der Waals surface area contributed by atoms with Crippen LogP contribution in [0.5, 0.6) is 0 Å². The minimum absolute atomic E-state index is 0.0837. The summed E-state index contributed by atoms with van der Waals surface area (Å²) in [4.78, 5) is 14.1. The molecule has 0 spiro atoms. The molecule has 0 radical (unpaired) electrons. The van der Waals surface area contributed by atoms with Crippen molar-refractivity contribution in [1.82, 2.24) is 15.2 Å². The molecule has 36 heavy (non-hydrogen) atoms. The number of aliphatic hydroxyl groups is 1. The Hall–Kier alpha value is -3.50. The number of allylic oxidation sites excluding steroid dienone is 3. The molecule has 192 valence electrons. The van der Waals surface area contributed by atoms with Crippen molar-refractivity contribution in [2.75, 3.05) is 19.6 Å². The minimum Gasteiger partial charge on any atom is -0.510 e. The van der Waals surface area contributed by atoms with Crippen LogP contribution in [-0.2, 0) is 11.2 Å². The molecule has 4 rings (SSSR count). The lowest BCUT2D eigenvalue weighted by atomic mass is 9.98. The van der Waals surface area contributed by atoms with Gasteiger partial charge in [0.2, 0.25) is 0 Å². The lowest BCUT2D eigenvalue weighted by molar-refractivity contribution is -0.125. The highest BCUT2D eigenvalue weighted by atomic mass is 35.5. The Labute approximate surface area is 219 Å². The van der Waals surface area contributed by atoms with E-state index in [-0.39, 0.29) is 24.3 Å². The number of nitriles is 1. The fourth-order valence-electron chi connectivity index (χ4n) is 4.08. The molecule has 0 bridgehead atoms. The number of amides is 1. The Bertz CT molecular complexity index is 1070. The van der Waals surface area contributed by atoms with Gasteiger partial charge in [0.1, 0.15) is 11.6 Å². The van der Waals surface area contributed by atoms with Crippen molar-refractivity contribution in [1.29, 1.82) is 5.26 Å². The number of carbonyl (C=O) groups is 1. The van der Waals surface area contributed by atoms with Crippen molar-refractivity contribution in [3.8, 4) is 6.07 Å². The van der Waals surface area contributed by atoms with Gasteiger partial charge in [0.05, 0.1) is 30.9 Å². The molecule has 1 aromatic carbocycles. The molecule has 8 heteroatoms. The first-order valence-corrected chi connectivity index (χ1v) is 12.7. The number of hydrogen-bond donors (Lipinski definition) is 2. The van der Waals surface area contributed by atoms with E-state index in [2.05, 4.69) is 24.0 Å². The molecule has 2 N–H and O–H groups in total. The van der Waals surface area contributed by atoms with E-state index in [0.717, 1.165) is 48.5 Å². The second-order valence-electron chi connectivity index (χ2n) is 8.18. The smallest absolute Gasteiger partial charge is 0.251 e. The molecule has 1 atom stereocenters. The van der Waals surface area contributed by atoms with Crippen LogP contribution in [0.15, 0.2) is 82.4 Å². The van der Waals surface area contributed by atoms with Crippen LogP contribution in [0, 0.1) is 11.3 Å². The third-order valence-electron chi connectivity index (χ3n) is 5.72. The number of hydrazone groups is 1. The molecular formula is C28H36ClN5O2. The van der Waals surface area contributed by atoms with Gasteiger partial charge in [0, 0.05) is 24.6 Å². The van der Waals surface area contributed by atoms with Gasteiger partial charge in [-0.3, -0.25) is 4.79 Å². The van der Waals surface area contributed by atoms with Crippen molar-refractivity contribution in [2.45, 2.75) is 52.5 Å². The minimum atomic E-state index is -0.252. The SMILES string of the molecule is C=C(NCCc1ccccc1)N1CC(N2CC(O)=CC2=O)C(C2=CC=C(Cl)CCC2)=N1.CC.CC#N. The summed E-state index contributed by atoms with van der Waals surface area (Å²) in [6.07, 6.45) is 8.69. The highest BCUT2D eigenvalue weighted by molar-refractivity contribution is 6.29. The molecule has 3 aliphatic rings. The summed E-state index contributed by atoms with van der Waals surface area (Å²) < 4.78 is 0. The Morgan fingerprint density at radius 3 is 2.61 bits per heavy atom. The van der Waals surface area contributed by atoms with Gasteiger partial charge in [-0.2, -0.15) is 10.4 Å². The molecule has 7 nitrogen and oxygen atoms in total. The zero-order valence-electron chi connectivity index (χ0n) is 21.4. The first-order valence-electron chi connectivity index (χ1n) is 12.3. The summed E-state index contributed by atoms with van der Waals surface area (Å²) in [7, 11) is 0. The number of halogens is 1. The molecule has 0 aromatic heterocycles. The van der Waals surface area contributed by atoms with Crippen LogP contribution in [0.4, 0.5) is 0 Å². The standard InChI is InChI=1S/C24H27ClN4O2.C2H3N.C2H6/c1-17(26-13-12-18-6-3-2-4-7-18)29-16-22(28-15-21(30)14-23(28)31)24(27-29)19-8-5-9-20(25)11-10-19;1-2-3;1-2/h2-4,6-7,10-11,14,22,26,30H,1,5,8-9,12-13,15-16H2;1H3;1-2H3. The molecular weight excluding hydrogens is 474 g/mol. The quantitative estimate of drug-likeness (QED) is 0.513. The van der Waals surface area contributed by atoms with E-state index in [9.17, 15) is 9.90 Å². The fourth-order valence-corrected chi connectivity index (χ4v) is 4.27. The Kier molecular flexibility index (Phi) is 11.8. The summed E-state index contributed by atoms with van der Waals surface area (Å²) in [5.41, 5.74) is 3.16. The third kappa shape index (κ3) is 8.03. The molecule has 0 fully saturated rings. The van der Waals surface area contributed by atoms with Crippen molar-refractivity contribution < 1.29 is 9.90 Å². The van der Waals surface area contributed by atoms with E-state index in [1.165, 1.54) is 18.6 Å². The second-order valence-corrected chi connectivity index (χ2v) is 8.66. The van der Waals surface area contributed by atoms with Gasteiger partial charge in [0.15, 0.2) is 0 Å². The molecule has 1 aliphatic carbocycles. The van der Waals surface area contributed by atoms with Crippen molar-refractivity contribution in [3.05, 3.63) is 82.9 Å². The Balaban J connectivity index is 0.000000850. The number of nitrogens with zero attached hydrogens (tertiary/aromatic N) is 4. The third-order valence-corrected chi connectivity index (χ3v) is 6.04. The van der Waals surface area contributed by atoms with Crippen LogP contribution in [-0.4, -0.2) is 52.3 Å². The van der Waals surface area contributed by atoms with Gasteiger partial charge in [-0.05, 0) is 42.9 Å². The van der Waals surface area contributed by atoms with Gasteiger partial charge in [-0.1, -0.05) is 68.4 Å². The molecule has 1 aromatic rings. The summed E-state index contributed by atoms with van der Waals surface area (Å²) in [5.74, 6) is 0.588. The highest BCUT2D eigenvalue weighted by Crippen LogP contribution is 2.29. The van der Waals surface area contributed by atoms with Gasteiger partial charge in [0.25, 0.3) is 5.91 Å². The van der Waals surface area contributed by atoms with Crippen molar-refractivity contribution >= 4 is 23.2 Å². The monoisotopic (exact) mass is 509 g/mol. The maximum Gasteiger partial charge on any atom is 0.251 e. The summed E-state index contributed by atoms with van der Waals surface area (Å²) >= 11 is 6.22. The summed E-state index contributed by atoms with van der Waals surface area (Å²) in [6, 6.07) is 11.8. The van der Waals surface area contributed by atoms with Gasteiger partial charge in [-0.15, -0.1) is 0 Å². The van der Waals surface area contributed by atoms with E-state index in [1.54, 1.807) is 11.0 Å². The average Bonchev–Trinajstić information content (AvgIpc) is 3.38. The lowest BCUT2D eigenvalue weighted by Crippen LogP contribution is -2.45. The van der Waals surface area contributed by atoms with E-state index in [1.807, 2.05) is 49.2 Å². The molecule has 0 saturated carbocycles. The fraction of sp³-hybridized carbons (Fsp3) is 0.393. The van der Waals surface area contributed by atoms with Crippen molar-refractivity contribution in [3.63, 3.8) is 0 Å². The topological polar surface area (TPSA) is 92.0 Å². The Morgan fingerprint density at radius 2 is 1.97 bits per heavy atom. The predicted octanol–water partition coefficient (Wildman–Crippen LogP) is 5.40. The maximum absolute atomic E-state index is 12.5. The van der Waals surface area contributed by atoms with Crippen LogP contribution in [0.2, 0.25) is 0 Å².